The van der Waals surface area contributed by atoms with Crippen molar-refractivity contribution in [2.75, 3.05) is 13.2 Å². The van der Waals surface area contributed by atoms with Crippen LogP contribution in [0.15, 0.2) is 36.5 Å². The van der Waals surface area contributed by atoms with Crippen molar-refractivity contribution < 1.29 is 24.5 Å². The summed E-state index contributed by atoms with van der Waals surface area (Å²) in [7, 11) is 0. The third-order valence-corrected chi connectivity index (χ3v) is 18.4. The number of ether oxygens (including phenoxy) is 1. The van der Waals surface area contributed by atoms with Crippen LogP contribution in [0.2, 0.25) is 0 Å². The van der Waals surface area contributed by atoms with Gasteiger partial charge in [-0.25, -0.2) is 0 Å². The predicted octanol–water partition coefficient (Wildman–Crippen LogP) is 25.8. The van der Waals surface area contributed by atoms with E-state index in [4.69, 9.17) is 4.74 Å². The summed E-state index contributed by atoms with van der Waals surface area (Å²) in [6.07, 6.45) is 98.0. The maximum absolute atomic E-state index is 12.5. The van der Waals surface area contributed by atoms with Crippen molar-refractivity contribution in [3.63, 3.8) is 0 Å². The zero-order valence-electron chi connectivity index (χ0n) is 58.3. The summed E-state index contributed by atoms with van der Waals surface area (Å²) in [4.78, 5) is 24.7. The van der Waals surface area contributed by atoms with E-state index in [-0.39, 0.29) is 18.5 Å². The van der Waals surface area contributed by atoms with Crippen molar-refractivity contribution in [1.82, 2.24) is 5.32 Å². The SMILES string of the molecule is CCCCCC/C=C\C/C=C\CCCCCCCCCC(=O)OCCCCCCCCCCCCCC/C=C\CCCCCCCCCCCCCCCCCCCC(=O)NC(CO)C(O)CCCCCCCCCCCCCCCCCCCC. The van der Waals surface area contributed by atoms with Gasteiger partial charge in [0.1, 0.15) is 0 Å². The lowest BCUT2D eigenvalue weighted by Crippen LogP contribution is -2.45. The van der Waals surface area contributed by atoms with Crippen molar-refractivity contribution in [3.05, 3.63) is 36.5 Å². The molecule has 0 fully saturated rings. The van der Waals surface area contributed by atoms with Crippen LogP contribution in [0.3, 0.4) is 0 Å². The molecule has 2 atom stereocenters. The molecule has 0 saturated heterocycles. The number of hydrogen-bond donors (Lipinski definition) is 3. The van der Waals surface area contributed by atoms with E-state index in [9.17, 15) is 19.8 Å². The van der Waals surface area contributed by atoms with Crippen LogP contribution in [0.5, 0.6) is 0 Å². The molecule has 0 spiro atoms. The lowest BCUT2D eigenvalue weighted by atomic mass is 10.0. The number of aliphatic hydroxyl groups excluding tert-OH is 2. The number of hydrogen-bond acceptors (Lipinski definition) is 5. The highest BCUT2D eigenvalue weighted by atomic mass is 16.5. The lowest BCUT2D eigenvalue weighted by Gasteiger charge is -2.22. The smallest absolute Gasteiger partial charge is 0.305 e. The predicted molar refractivity (Wildman–Crippen MR) is 379 cm³/mol. The highest BCUT2D eigenvalue weighted by Crippen LogP contribution is 2.20. The van der Waals surface area contributed by atoms with Gasteiger partial charge in [-0.05, 0) is 83.5 Å². The fourth-order valence-corrected chi connectivity index (χ4v) is 12.4. The van der Waals surface area contributed by atoms with E-state index in [0.29, 0.717) is 25.9 Å². The Morgan fingerprint density at radius 2 is 0.581 bits per heavy atom. The molecule has 0 aromatic carbocycles. The van der Waals surface area contributed by atoms with E-state index in [1.54, 1.807) is 0 Å². The molecule has 0 saturated carbocycles. The summed E-state index contributed by atoms with van der Waals surface area (Å²) < 4.78 is 5.51. The first-order valence-corrected chi connectivity index (χ1v) is 39.2. The Morgan fingerprint density at radius 1 is 0.326 bits per heavy atom. The third kappa shape index (κ3) is 71.2. The van der Waals surface area contributed by atoms with Gasteiger partial charge in [-0.3, -0.25) is 9.59 Å². The quantitative estimate of drug-likeness (QED) is 0.0320. The van der Waals surface area contributed by atoms with Crippen LogP contribution in [0.4, 0.5) is 0 Å². The van der Waals surface area contributed by atoms with Crippen LogP contribution >= 0.6 is 0 Å². The highest BCUT2D eigenvalue weighted by Gasteiger charge is 2.20. The van der Waals surface area contributed by atoms with Crippen LogP contribution in [0, 0.1) is 0 Å². The minimum Gasteiger partial charge on any atom is -0.466 e. The topological polar surface area (TPSA) is 95.9 Å². The molecule has 0 aliphatic heterocycles. The summed E-state index contributed by atoms with van der Waals surface area (Å²) in [6, 6.07) is -0.540. The minimum absolute atomic E-state index is 0.0120. The Hall–Kier alpha value is -1.92. The monoisotopic (exact) mass is 1210 g/mol. The molecule has 0 aromatic rings. The zero-order chi connectivity index (χ0) is 62.0. The Balaban J connectivity index is 3.34. The van der Waals surface area contributed by atoms with Crippen molar-refractivity contribution in [2.24, 2.45) is 0 Å². The van der Waals surface area contributed by atoms with Gasteiger partial charge in [0.15, 0.2) is 0 Å². The molecule has 86 heavy (non-hydrogen) atoms. The Kier molecular flexibility index (Phi) is 73.9. The van der Waals surface area contributed by atoms with E-state index in [1.165, 1.54) is 353 Å². The summed E-state index contributed by atoms with van der Waals surface area (Å²) >= 11 is 0. The molecule has 6 nitrogen and oxygen atoms in total. The maximum atomic E-state index is 12.5. The molecule has 2 unspecified atom stereocenters. The number of amides is 1. The standard InChI is InChI=1S/C80H153NO5/c1-3-5-7-9-11-13-15-17-19-21-40-44-48-52-56-60-64-68-72-78(83)77(76-82)81-79(84)73-69-65-61-57-53-49-45-41-38-36-34-32-30-28-26-24-23-25-27-29-31-33-35-37-39-43-47-51-55-59-63-67-71-75-86-80(85)74-70-66-62-58-54-50-46-42-22-20-18-16-14-12-10-8-6-4-2/h14,16,20,22,27,29,77-78,82-83H,3-13,15,17-19,21,23-26,28,30-76H2,1-2H3,(H,81,84)/b16-14-,22-20-,29-27-. The van der Waals surface area contributed by atoms with Crippen molar-refractivity contribution in [3.8, 4) is 0 Å². The number of carbonyl (C=O) groups is 2. The molecule has 0 bridgehead atoms. The molecule has 3 N–H and O–H groups in total. The first kappa shape index (κ1) is 84.1. The van der Waals surface area contributed by atoms with Crippen molar-refractivity contribution >= 4 is 11.9 Å². The molecular weight excluding hydrogens is 1050 g/mol. The van der Waals surface area contributed by atoms with Gasteiger partial charge in [0.2, 0.25) is 5.91 Å². The molecule has 0 aliphatic rings. The van der Waals surface area contributed by atoms with Crippen molar-refractivity contribution in [1.29, 1.82) is 0 Å². The van der Waals surface area contributed by atoms with Crippen LogP contribution < -0.4 is 5.32 Å². The average molecular weight is 1210 g/mol. The van der Waals surface area contributed by atoms with Gasteiger partial charge in [0.05, 0.1) is 25.4 Å². The fourth-order valence-electron chi connectivity index (χ4n) is 12.4. The van der Waals surface area contributed by atoms with Gasteiger partial charge in [0.25, 0.3) is 0 Å². The lowest BCUT2D eigenvalue weighted by molar-refractivity contribution is -0.143. The zero-order valence-corrected chi connectivity index (χ0v) is 58.3. The molecule has 0 radical (unpaired) electrons. The van der Waals surface area contributed by atoms with Gasteiger partial charge in [-0.2, -0.15) is 0 Å². The van der Waals surface area contributed by atoms with E-state index in [1.807, 2.05) is 0 Å². The minimum atomic E-state index is -0.663. The molecule has 6 heteroatoms. The number of nitrogens with one attached hydrogen (secondary N) is 1. The first-order chi connectivity index (χ1) is 42.5. The summed E-state index contributed by atoms with van der Waals surface area (Å²) in [5.74, 6) is -0.0157. The number of allylic oxidation sites excluding steroid dienone is 6. The second-order valence-electron chi connectivity index (χ2n) is 27.0. The van der Waals surface area contributed by atoms with Gasteiger partial charge < -0.3 is 20.3 Å². The molecule has 0 heterocycles. The van der Waals surface area contributed by atoms with E-state index < -0.39 is 12.1 Å². The Bertz CT molecular complexity index is 1390. The van der Waals surface area contributed by atoms with Gasteiger partial charge in [-0.1, -0.05) is 378 Å². The fraction of sp³-hybridized carbons (Fsp3) is 0.900. The summed E-state index contributed by atoms with van der Waals surface area (Å²) in [5.41, 5.74) is 0. The Labute approximate surface area is 538 Å². The molecule has 0 rings (SSSR count). The molecule has 1 amide bonds. The first-order valence-electron chi connectivity index (χ1n) is 39.2. The number of aliphatic hydroxyl groups is 2. The maximum Gasteiger partial charge on any atom is 0.305 e. The van der Waals surface area contributed by atoms with Crippen LogP contribution in [0.25, 0.3) is 0 Å². The Morgan fingerprint density at radius 3 is 0.907 bits per heavy atom. The third-order valence-electron chi connectivity index (χ3n) is 18.4. The molecular formula is C80H153NO5. The van der Waals surface area contributed by atoms with Gasteiger partial charge >= 0.3 is 5.97 Å². The van der Waals surface area contributed by atoms with Crippen LogP contribution in [-0.4, -0.2) is 47.4 Å². The van der Waals surface area contributed by atoms with Crippen LogP contribution in [0.1, 0.15) is 438 Å². The average Bonchev–Trinajstić information content (AvgIpc) is 3.54. The number of carbonyl (C=O) groups excluding carboxylic acids is 2. The van der Waals surface area contributed by atoms with E-state index in [0.717, 1.165) is 51.4 Å². The van der Waals surface area contributed by atoms with Gasteiger partial charge in [0, 0.05) is 12.8 Å². The number of unbranched alkanes of at least 4 members (excludes halogenated alkanes) is 57. The van der Waals surface area contributed by atoms with Crippen molar-refractivity contribution in [2.45, 2.75) is 450 Å². The summed E-state index contributed by atoms with van der Waals surface area (Å²) in [6.45, 7) is 4.98. The van der Waals surface area contributed by atoms with Crippen LogP contribution in [-0.2, 0) is 14.3 Å². The number of esters is 1. The molecule has 508 valence electrons. The van der Waals surface area contributed by atoms with E-state index in [2.05, 4.69) is 55.6 Å². The molecule has 0 aliphatic carbocycles. The normalized spacial score (nSPS) is 12.7. The highest BCUT2D eigenvalue weighted by molar-refractivity contribution is 5.76. The molecule has 0 aromatic heterocycles. The number of rotatable bonds is 74. The largest absolute Gasteiger partial charge is 0.466 e. The van der Waals surface area contributed by atoms with Gasteiger partial charge in [-0.15, -0.1) is 0 Å². The van der Waals surface area contributed by atoms with E-state index >= 15 is 0 Å². The second-order valence-corrected chi connectivity index (χ2v) is 27.0. The second kappa shape index (κ2) is 75.5. The summed E-state index contributed by atoms with van der Waals surface area (Å²) in [5, 5.41) is 23.4.